The fraction of sp³-hybridized carbons (Fsp3) is 0.900. The molecule has 4 heteroatoms. The van der Waals surface area contributed by atoms with Crippen LogP contribution in [-0.2, 0) is 20.3 Å². The van der Waals surface area contributed by atoms with Crippen LogP contribution in [0.2, 0.25) is 0 Å². The van der Waals surface area contributed by atoms with Crippen LogP contribution < -0.4 is 0 Å². The molecule has 0 aromatic rings. The van der Waals surface area contributed by atoms with Gasteiger partial charge in [-0.2, -0.15) is 0 Å². The molecule has 1 atom stereocenters. The molecule has 1 aliphatic carbocycles. The molecule has 0 radical (unpaired) electrons. The summed E-state index contributed by atoms with van der Waals surface area (Å²) in [4.78, 5) is 11.1. The van der Waals surface area contributed by atoms with Gasteiger partial charge in [-0.1, -0.05) is 12.8 Å². The normalized spacial score (nSPS) is 19.8. The van der Waals surface area contributed by atoms with E-state index in [1.807, 2.05) is 0 Å². The van der Waals surface area contributed by atoms with Gasteiger partial charge >= 0.3 is 0 Å². The Balaban J connectivity index is 2.17. The Hall–Kier alpha value is -0.220. The highest BCUT2D eigenvalue weighted by Crippen LogP contribution is 2.25. The molecule has 1 unspecified atom stereocenters. The summed E-state index contributed by atoms with van der Waals surface area (Å²) in [6.07, 6.45) is 4.89. The molecule has 1 fully saturated rings. The molecule has 0 heterocycles. The summed E-state index contributed by atoms with van der Waals surface area (Å²) in [5.41, 5.74) is 0. The molecule has 1 aliphatic rings. The van der Waals surface area contributed by atoms with E-state index >= 15 is 0 Å². The molecule has 14 heavy (non-hydrogen) atoms. The van der Waals surface area contributed by atoms with Crippen molar-refractivity contribution in [1.82, 2.24) is 0 Å². The number of carbonyl (C=O) groups excluding carboxylic acids is 1. The molecular weight excluding hydrogens is 200 g/mol. The number of ether oxygens (including phenoxy) is 1. The van der Waals surface area contributed by atoms with Crippen LogP contribution in [-0.4, -0.2) is 35.2 Å². The maximum Gasteiger partial charge on any atom is 0.170 e. The first kappa shape index (κ1) is 11.9. The second kappa shape index (κ2) is 6.30. The van der Waals surface area contributed by atoms with E-state index in [-0.39, 0.29) is 18.1 Å². The average molecular weight is 218 g/mol. The lowest BCUT2D eigenvalue weighted by atomic mass is 10.1. The number of rotatable bonds is 6. The van der Waals surface area contributed by atoms with Crippen LogP contribution in [0.5, 0.6) is 0 Å². The van der Waals surface area contributed by atoms with E-state index in [9.17, 15) is 9.00 Å². The maximum absolute atomic E-state index is 11.5. The van der Waals surface area contributed by atoms with Crippen molar-refractivity contribution in [2.75, 3.05) is 25.2 Å². The van der Waals surface area contributed by atoms with Crippen molar-refractivity contribution in [2.24, 2.45) is 5.92 Å². The third-order valence-corrected chi connectivity index (χ3v) is 4.01. The van der Waals surface area contributed by atoms with Crippen molar-refractivity contribution in [1.29, 1.82) is 0 Å². The van der Waals surface area contributed by atoms with Gasteiger partial charge in [0.15, 0.2) is 5.78 Å². The molecule has 0 saturated heterocycles. The van der Waals surface area contributed by atoms with E-state index < -0.39 is 10.8 Å². The molecule has 0 N–H and O–H groups in total. The van der Waals surface area contributed by atoms with Gasteiger partial charge in [-0.3, -0.25) is 9.00 Å². The van der Waals surface area contributed by atoms with E-state index in [0.29, 0.717) is 11.7 Å². The molecule has 3 nitrogen and oxygen atoms in total. The molecule has 0 aromatic heterocycles. The van der Waals surface area contributed by atoms with Gasteiger partial charge in [0.25, 0.3) is 0 Å². The average Bonchev–Trinajstić information content (AvgIpc) is 2.56. The van der Waals surface area contributed by atoms with Gasteiger partial charge in [0.2, 0.25) is 0 Å². The van der Waals surface area contributed by atoms with Crippen molar-refractivity contribution in [3.05, 3.63) is 0 Å². The van der Waals surface area contributed by atoms with Gasteiger partial charge in [-0.15, -0.1) is 0 Å². The quantitative estimate of drug-likeness (QED) is 0.671. The third-order valence-electron chi connectivity index (χ3n) is 2.52. The Bertz CT molecular complexity index is 209. The molecule has 1 saturated carbocycles. The summed E-state index contributed by atoms with van der Waals surface area (Å²) in [6, 6.07) is 0. The van der Waals surface area contributed by atoms with Crippen LogP contribution in [0.3, 0.4) is 0 Å². The standard InChI is InChI=1S/C10H18O3S/c1-13-6-10(11)8-14(12)7-9-4-2-3-5-9/h9H,2-8H2,1H3. The van der Waals surface area contributed by atoms with E-state index in [2.05, 4.69) is 0 Å². The number of hydrogen-bond acceptors (Lipinski definition) is 3. The highest BCUT2D eigenvalue weighted by Gasteiger charge is 2.18. The monoisotopic (exact) mass is 218 g/mol. The zero-order valence-electron chi connectivity index (χ0n) is 8.66. The predicted octanol–water partition coefficient (Wildman–Crippen LogP) is 1.14. The number of ketones is 1. The summed E-state index contributed by atoms with van der Waals surface area (Å²) < 4.78 is 16.2. The second-order valence-electron chi connectivity index (χ2n) is 3.87. The van der Waals surface area contributed by atoms with Gasteiger partial charge in [0.1, 0.15) is 6.61 Å². The first-order valence-electron chi connectivity index (χ1n) is 5.08. The fourth-order valence-electron chi connectivity index (χ4n) is 1.88. The SMILES string of the molecule is COCC(=O)CS(=O)CC1CCCC1. The van der Waals surface area contributed by atoms with Gasteiger partial charge in [-0.25, -0.2) is 0 Å². The van der Waals surface area contributed by atoms with Crippen LogP contribution in [0.25, 0.3) is 0 Å². The first-order chi connectivity index (χ1) is 6.72. The van der Waals surface area contributed by atoms with E-state index in [0.717, 1.165) is 0 Å². The Morgan fingerprint density at radius 2 is 2.07 bits per heavy atom. The summed E-state index contributed by atoms with van der Waals surface area (Å²) in [5, 5.41) is 0. The Morgan fingerprint density at radius 3 is 2.64 bits per heavy atom. The summed E-state index contributed by atoms with van der Waals surface area (Å²) >= 11 is 0. The van der Waals surface area contributed by atoms with Crippen molar-refractivity contribution >= 4 is 16.6 Å². The molecule has 0 bridgehead atoms. The Labute approximate surface area is 87.7 Å². The van der Waals surface area contributed by atoms with Crippen LogP contribution in [0.15, 0.2) is 0 Å². The topological polar surface area (TPSA) is 43.4 Å². The van der Waals surface area contributed by atoms with Gasteiger partial charge in [-0.05, 0) is 18.8 Å². The largest absolute Gasteiger partial charge is 0.377 e. The lowest BCUT2D eigenvalue weighted by Gasteiger charge is -2.07. The highest BCUT2D eigenvalue weighted by molar-refractivity contribution is 7.85. The molecule has 82 valence electrons. The van der Waals surface area contributed by atoms with E-state index in [1.54, 1.807) is 0 Å². The summed E-state index contributed by atoms with van der Waals surface area (Å²) in [6.45, 7) is 0.0937. The smallest absolute Gasteiger partial charge is 0.170 e. The Kier molecular flexibility index (Phi) is 5.33. The van der Waals surface area contributed by atoms with Crippen molar-refractivity contribution < 1.29 is 13.7 Å². The molecule has 0 spiro atoms. The van der Waals surface area contributed by atoms with E-state index in [1.165, 1.54) is 32.8 Å². The molecule has 1 rings (SSSR count). The van der Waals surface area contributed by atoms with Gasteiger partial charge in [0.05, 0.1) is 5.75 Å². The summed E-state index contributed by atoms with van der Waals surface area (Å²) in [5.74, 6) is 1.41. The highest BCUT2D eigenvalue weighted by atomic mass is 32.2. The fourth-order valence-corrected chi connectivity index (χ4v) is 3.30. The minimum atomic E-state index is -0.971. The van der Waals surface area contributed by atoms with Crippen LogP contribution in [0, 0.1) is 5.92 Å². The van der Waals surface area contributed by atoms with Crippen molar-refractivity contribution in [2.45, 2.75) is 25.7 Å². The van der Waals surface area contributed by atoms with Gasteiger partial charge < -0.3 is 4.74 Å². The van der Waals surface area contributed by atoms with E-state index in [4.69, 9.17) is 4.74 Å². The zero-order chi connectivity index (χ0) is 10.4. The lowest BCUT2D eigenvalue weighted by Crippen LogP contribution is -2.19. The molecular formula is C10H18O3S. The molecule has 0 amide bonds. The van der Waals surface area contributed by atoms with Gasteiger partial charge in [0, 0.05) is 23.7 Å². The molecule has 0 aromatic carbocycles. The van der Waals surface area contributed by atoms with Crippen LogP contribution >= 0.6 is 0 Å². The zero-order valence-corrected chi connectivity index (χ0v) is 9.48. The van der Waals surface area contributed by atoms with Crippen LogP contribution in [0.4, 0.5) is 0 Å². The minimum Gasteiger partial charge on any atom is -0.377 e. The lowest BCUT2D eigenvalue weighted by molar-refractivity contribution is -0.120. The predicted molar refractivity (Wildman–Crippen MR) is 56.7 cm³/mol. The number of Topliss-reactive ketones (excluding diaryl/α,β-unsaturated/α-hetero) is 1. The summed E-state index contributed by atoms with van der Waals surface area (Å²) in [7, 11) is 0.513. The third kappa shape index (κ3) is 4.33. The van der Waals surface area contributed by atoms with Crippen LogP contribution in [0.1, 0.15) is 25.7 Å². The number of hydrogen-bond donors (Lipinski definition) is 0. The minimum absolute atomic E-state index is 0.0520. The first-order valence-corrected chi connectivity index (χ1v) is 6.56. The number of carbonyl (C=O) groups is 1. The number of methoxy groups -OCH3 is 1. The van der Waals surface area contributed by atoms with Crippen molar-refractivity contribution in [3.8, 4) is 0 Å². The van der Waals surface area contributed by atoms with Crippen molar-refractivity contribution in [3.63, 3.8) is 0 Å². The second-order valence-corrected chi connectivity index (χ2v) is 5.37. The maximum atomic E-state index is 11.5. The Morgan fingerprint density at radius 1 is 1.43 bits per heavy atom. The molecule has 0 aliphatic heterocycles.